The van der Waals surface area contributed by atoms with Gasteiger partial charge in [0.15, 0.2) is 11.6 Å². The molecule has 4 heteroatoms. The van der Waals surface area contributed by atoms with Crippen molar-refractivity contribution in [2.75, 3.05) is 11.9 Å². The lowest BCUT2D eigenvalue weighted by Gasteiger charge is -2.09. The topological polar surface area (TPSA) is 21.3 Å². The molecule has 0 saturated heterocycles. The van der Waals surface area contributed by atoms with Gasteiger partial charge in [-0.25, -0.2) is 8.78 Å². The maximum absolute atomic E-state index is 13.1. The Labute approximate surface area is 117 Å². The third-order valence-corrected chi connectivity index (χ3v) is 2.81. The minimum absolute atomic E-state index is 0.437. The Morgan fingerprint density at radius 1 is 1.00 bits per heavy atom. The number of ether oxygens (including phenoxy) is 1. The molecular formula is C16H17F2NO. The molecule has 0 spiro atoms. The molecule has 0 bridgehead atoms. The van der Waals surface area contributed by atoms with Crippen molar-refractivity contribution in [3.63, 3.8) is 0 Å². The van der Waals surface area contributed by atoms with Gasteiger partial charge in [0.25, 0.3) is 0 Å². The van der Waals surface area contributed by atoms with E-state index in [4.69, 9.17) is 4.74 Å². The van der Waals surface area contributed by atoms with Crippen LogP contribution in [0.25, 0.3) is 0 Å². The Hall–Kier alpha value is -2.10. The van der Waals surface area contributed by atoms with Crippen LogP contribution in [0.4, 0.5) is 14.5 Å². The molecule has 106 valence electrons. The Balaban J connectivity index is 1.91. The van der Waals surface area contributed by atoms with Gasteiger partial charge in [-0.1, -0.05) is 13.0 Å². The molecule has 20 heavy (non-hydrogen) atoms. The van der Waals surface area contributed by atoms with E-state index in [-0.39, 0.29) is 0 Å². The molecule has 0 aliphatic heterocycles. The van der Waals surface area contributed by atoms with Crippen molar-refractivity contribution in [2.45, 2.75) is 19.9 Å². The Kier molecular flexibility index (Phi) is 4.93. The van der Waals surface area contributed by atoms with Gasteiger partial charge in [0.2, 0.25) is 0 Å². The second-order valence-corrected chi connectivity index (χ2v) is 4.47. The first-order chi connectivity index (χ1) is 9.69. The van der Waals surface area contributed by atoms with Crippen LogP contribution in [0.5, 0.6) is 5.75 Å². The summed E-state index contributed by atoms with van der Waals surface area (Å²) in [5.41, 5.74) is 1.59. The van der Waals surface area contributed by atoms with E-state index < -0.39 is 11.6 Å². The molecule has 0 fully saturated rings. The summed E-state index contributed by atoms with van der Waals surface area (Å²) in [7, 11) is 0. The van der Waals surface area contributed by atoms with E-state index in [0.717, 1.165) is 23.9 Å². The molecule has 0 unspecified atom stereocenters. The predicted octanol–water partition coefficient (Wildman–Crippen LogP) is 4.37. The fourth-order valence-electron chi connectivity index (χ4n) is 1.74. The van der Waals surface area contributed by atoms with E-state index in [9.17, 15) is 8.78 Å². The van der Waals surface area contributed by atoms with Gasteiger partial charge in [0.05, 0.1) is 6.61 Å². The van der Waals surface area contributed by atoms with Crippen LogP contribution in [0, 0.1) is 11.6 Å². The highest BCUT2D eigenvalue weighted by Crippen LogP contribution is 2.17. The molecule has 0 atom stereocenters. The number of nitrogens with one attached hydrogen (secondary N) is 1. The maximum atomic E-state index is 13.1. The van der Waals surface area contributed by atoms with E-state index in [1.165, 1.54) is 6.07 Å². The monoisotopic (exact) mass is 277 g/mol. The van der Waals surface area contributed by atoms with Gasteiger partial charge < -0.3 is 10.1 Å². The molecule has 0 aliphatic rings. The zero-order valence-electron chi connectivity index (χ0n) is 11.3. The van der Waals surface area contributed by atoms with Crippen molar-refractivity contribution in [3.05, 3.63) is 59.7 Å². The Morgan fingerprint density at radius 2 is 1.75 bits per heavy atom. The van der Waals surface area contributed by atoms with E-state index in [0.29, 0.717) is 18.7 Å². The zero-order chi connectivity index (χ0) is 14.4. The summed E-state index contributed by atoms with van der Waals surface area (Å²) in [4.78, 5) is 0. The molecule has 2 nitrogen and oxygen atoms in total. The number of anilines is 1. The summed E-state index contributed by atoms with van der Waals surface area (Å²) in [5.74, 6) is -0.830. The smallest absolute Gasteiger partial charge is 0.159 e. The number of hydrogen-bond acceptors (Lipinski definition) is 2. The van der Waals surface area contributed by atoms with Crippen LogP contribution in [0.2, 0.25) is 0 Å². The van der Waals surface area contributed by atoms with Gasteiger partial charge in [0, 0.05) is 12.2 Å². The first-order valence-corrected chi connectivity index (χ1v) is 6.59. The average Bonchev–Trinajstić information content (AvgIpc) is 2.47. The molecule has 0 aliphatic carbocycles. The van der Waals surface area contributed by atoms with Crippen LogP contribution in [0.1, 0.15) is 18.9 Å². The number of benzene rings is 2. The fraction of sp³-hybridized carbons (Fsp3) is 0.250. The number of halogens is 2. The molecule has 0 heterocycles. The minimum Gasteiger partial charge on any atom is -0.494 e. The van der Waals surface area contributed by atoms with Crippen LogP contribution in [-0.4, -0.2) is 6.61 Å². The van der Waals surface area contributed by atoms with E-state index in [2.05, 4.69) is 12.2 Å². The molecular weight excluding hydrogens is 260 g/mol. The lowest BCUT2D eigenvalue weighted by atomic mass is 10.2. The highest BCUT2D eigenvalue weighted by molar-refractivity contribution is 5.46. The lowest BCUT2D eigenvalue weighted by molar-refractivity contribution is 0.317. The second kappa shape index (κ2) is 6.89. The highest BCUT2D eigenvalue weighted by Gasteiger charge is 2.02. The van der Waals surface area contributed by atoms with Crippen LogP contribution in [0.15, 0.2) is 42.5 Å². The van der Waals surface area contributed by atoms with Gasteiger partial charge >= 0.3 is 0 Å². The molecule has 0 saturated carbocycles. The quantitative estimate of drug-likeness (QED) is 0.846. The van der Waals surface area contributed by atoms with Gasteiger partial charge in [0.1, 0.15) is 5.75 Å². The Bertz CT molecular complexity index is 555. The largest absolute Gasteiger partial charge is 0.494 e. The van der Waals surface area contributed by atoms with E-state index >= 15 is 0 Å². The molecule has 2 aromatic carbocycles. The predicted molar refractivity (Wildman–Crippen MR) is 75.9 cm³/mol. The third-order valence-electron chi connectivity index (χ3n) is 2.81. The van der Waals surface area contributed by atoms with Crippen LogP contribution >= 0.6 is 0 Å². The highest BCUT2D eigenvalue weighted by atomic mass is 19.2. The summed E-state index contributed by atoms with van der Waals surface area (Å²) < 4.78 is 31.3. The van der Waals surface area contributed by atoms with Crippen molar-refractivity contribution in [1.29, 1.82) is 0 Å². The van der Waals surface area contributed by atoms with Crippen molar-refractivity contribution < 1.29 is 13.5 Å². The third kappa shape index (κ3) is 3.95. The van der Waals surface area contributed by atoms with Crippen LogP contribution in [0.3, 0.4) is 0 Å². The van der Waals surface area contributed by atoms with Crippen molar-refractivity contribution in [2.24, 2.45) is 0 Å². The minimum atomic E-state index is -0.828. The van der Waals surface area contributed by atoms with Gasteiger partial charge in [-0.05, 0) is 48.4 Å². The van der Waals surface area contributed by atoms with Crippen molar-refractivity contribution in [1.82, 2.24) is 0 Å². The zero-order valence-corrected chi connectivity index (χ0v) is 11.3. The van der Waals surface area contributed by atoms with E-state index in [1.807, 2.05) is 24.3 Å². The van der Waals surface area contributed by atoms with Crippen molar-refractivity contribution >= 4 is 5.69 Å². The molecule has 2 rings (SSSR count). The van der Waals surface area contributed by atoms with Gasteiger partial charge in [-0.3, -0.25) is 0 Å². The Morgan fingerprint density at radius 3 is 2.40 bits per heavy atom. The first-order valence-electron chi connectivity index (χ1n) is 6.59. The summed E-state index contributed by atoms with van der Waals surface area (Å²) in [5, 5.41) is 3.15. The average molecular weight is 277 g/mol. The molecule has 1 N–H and O–H groups in total. The van der Waals surface area contributed by atoms with Gasteiger partial charge in [-0.2, -0.15) is 0 Å². The molecule has 0 amide bonds. The summed E-state index contributed by atoms with van der Waals surface area (Å²) in [6.07, 6.45) is 0.968. The van der Waals surface area contributed by atoms with Gasteiger partial charge in [-0.15, -0.1) is 0 Å². The van der Waals surface area contributed by atoms with Crippen molar-refractivity contribution in [3.8, 4) is 5.75 Å². The van der Waals surface area contributed by atoms with Crippen LogP contribution < -0.4 is 10.1 Å². The molecule has 0 aromatic heterocycles. The fourth-order valence-corrected chi connectivity index (χ4v) is 1.74. The maximum Gasteiger partial charge on any atom is 0.159 e. The van der Waals surface area contributed by atoms with Crippen LogP contribution in [-0.2, 0) is 6.54 Å². The number of rotatable bonds is 6. The van der Waals surface area contributed by atoms with E-state index in [1.54, 1.807) is 6.07 Å². The number of hydrogen-bond donors (Lipinski definition) is 1. The lowest BCUT2D eigenvalue weighted by Crippen LogP contribution is -2.01. The standard InChI is InChI=1S/C16H17F2NO/c1-2-9-20-14-6-4-13(5-7-14)19-11-12-3-8-15(17)16(18)10-12/h3-8,10,19H,2,9,11H2,1H3. The summed E-state index contributed by atoms with van der Waals surface area (Å²) >= 11 is 0. The second-order valence-electron chi connectivity index (χ2n) is 4.47. The molecule has 2 aromatic rings. The SMILES string of the molecule is CCCOc1ccc(NCc2ccc(F)c(F)c2)cc1. The molecule has 0 radical (unpaired) electrons. The summed E-state index contributed by atoms with van der Waals surface area (Å²) in [6, 6.07) is 11.4. The summed E-state index contributed by atoms with van der Waals surface area (Å²) in [6.45, 7) is 3.19. The first kappa shape index (κ1) is 14.3. The normalized spacial score (nSPS) is 10.3.